The van der Waals surface area contributed by atoms with Crippen LogP contribution in [0.25, 0.3) is 0 Å². The van der Waals surface area contributed by atoms with Gasteiger partial charge in [-0.1, -0.05) is 12.2 Å². The highest BCUT2D eigenvalue weighted by Crippen LogP contribution is 2.39. The molecule has 0 spiro atoms. The topological polar surface area (TPSA) is 83.6 Å². The van der Waals surface area contributed by atoms with Crippen LogP contribution < -0.4 is 5.73 Å². The van der Waals surface area contributed by atoms with Crippen LogP contribution in [0.1, 0.15) is 0 Å². The van der Waals surface area contributed by atoms with Gasteiger partial charge in [-0.2, -0.15) is 0 Å². The molecular formula is C10H11ClN2O3S. The first-order chi connectivity index (χ1) is 8.07. The van der Waals surface area contributed by atoms with Crippen LogP contribution in [0.3, 0.4) is 0 Å². The summed E-state index contributed by atoms with van der Waals surface area (Å²) in [4.78, 5) is 24.0. The molecule has 5 nitrogen and oxygen atoms in total. The van der Waals surface area contributed by atoms with Crippen molar-refractivity contribution in [2.24, 2.45) is 5.73 Å². The summed E-state index contributed by atoms with van der Waals surface area (Å²) >= 11 is 6.98. The van der Waals surface area contributed by atoms with Gasteiger partial charge in [0.05, 0.1) is 0 Å². The van der Waals surface area contributed by atoms with Gasteiger partial charge in [-0.05, 0) is 5.57 Å². The van der Waals surface area contributed by atoms with Crippen LogP contribution in [0.2, 0.25) is 0 Å². The molecule has 1 fully saturated rings. The third-order valence-electron chi connectivity index (χ3n) is 2.65. The molecule has 92 valence electrons. The molecule has 0 aromatic rings. The van der Waals surface area contributed by atoms with Gasteiger partial charge >= 0.3 is 5.97 Å². The molecule has 2 aliphatic rings. The second kappa shape index (κ2) is 4.72. The fraction of sp³-hybridized carbons (Fsp3) is 0.400. The van der Waals surface area contributed by atoms with E-state index in [1.807, 2.05) is 0 Å². The molecule has 0 saturated carbocycles. The predicted molar refractivity (Wildman–Crippen MR) is 65.6 cm³/mol. The van der Waals surface area contributed by atoms with Crippen molar-refractivity contribution >= 4 is 35.2 Å². The van der Waals surface area contributed by atoms with Crippen molar-refractivity contribution in [1.29, 1.82) is 0 Å². The van der Waals surface area contributed by atoms with Crippen molar-refractivity contribution in [2.75, 3.05) is 11.6 Å². The van der Waals surface area contributed by atoms with Crippen molar-refractivity contribution in [3.63, 3.8) is 0 Å². The molecule has 0 aromatic heterocycles. The van der Waals surface area contributed by atoms with Crippen LogP contribution in [0.15, 0.2) is 23.4 Å². The van der Waals surface area contributed by atoms with E-state index in [4.69, 9.17) is 22.4 Å². The number of nitrogens with zero attached hydrogens (tertiary/aromatic N) is 1. The van der Waals surface area contributed by atoms with Gasteiger partial charge in [-0.25, -0.2) is 4.79 Å². The van der Waals surface area contributed by atoms with Gasteiger partial charge in [0.15, 0.2) is 0 Å². The van der Waals surface area contributed by atoms with Crippen LogP contribution in [0, 0.1) is 0 Å². The summed E-state index contributed by atoms with van der Waals surface area (Å²) in [5, 5.41) is 8.92. The summed E-state index contributed by atoms with van der Waals surface area (Å²) in [7, 11) is 0. The quantitative estimate of drug-likeness (QED) is 0.574. The van der Waals surface area contributed by atoms with Crippen LogP contribution in [0.5, 0.6) is 0 Å². The van der Waals surface area contributed by atoms with Crippen molar-refractivity contribution in [2.45, 2.75) is 11.4 Å². The molecule has 1 saturated heterocycles. The lowest BCUT2D eigenvalue weighted by Crippen LogP contribution is -2.68. The van der Waals surface area contributed by atoms with E-state index in [0.717, 1.165) is 0 Å². The summed E-state index contributed by atoms with van der Waals surface area (Å²) < 4.78 is 0. The van der Waals surface area contributed by atoms with E-state index in [1.54, 1.807) is 12.2 Å². The minimum absolute atomic E-state index is 0.0295. The molecule has 2 atom stereocenters. The fourth-order valence-electron chi connectivity index (χ4n) is 1.85. The number of hydrogen-bond donors (Lipinski definition) is 2. The van der Waals surface area contributed by atoms with Crippen molar-refractivity contribution in [3.05, 3.63) is 23.4 Å². The minimum atomic E-state index is -1.11. The molecule has 3 N–H and O–H groups in total. The van der Waals surface area contributed by atoms with Crippen LogP contribution in [0.4, 0.5) is 0 Å². The Morgan fingerprint density at radius 2 is 2.41 bits per heavy atom. The number of hydrogen-bond acceptors (Lipinski definition) is 4. The second-order valence-corrected chi connectivity index (χ2v) is 5.08. The first-order valence-electron chi connectivity index (χ1n) is 4.97. The Morgan fingerprint density at radius 1 is 1.71 bits per heavy atom. The number of fused-ring (bicyclic) bond motifs is 1. The fourth-order valence-corrected chi connectivity index (χ4v) is 3.21. The lowest BCUT2D eigenvalue weighted by atomic mass is 10.0. The smallest absolute Gasteiger partial charge is 0.352 e. The van der Waals surface area contributed by atoms with Crippen molar-refractivity contribution in [3.8, 4) is 0 Å². The number of thioether (sulfide) groups is 1. The molecular weight excluding hydrogens is 264 g/mol. The lowest BCUT2D eigenvalue weighted by molar-refractivity contribution is -0.147. The van der Waals surface area contributed by atoms with E-state index < -0.39 is 12.0 Å². The van der Waals surface area contributed by atoms with Crippen molar-refractivity contribution < 1.29 is 14.7 Å². The first-order valence-corrected chi connectivity index (χ1v) is 6.55. The number of alkyl halides is 1. The summed E-state index contributed by atoms with van der Waals surface area (Å²) in [6.07, 6.45) is 3.31. The van der Waals surface area contributed by atoms with E-state index in [0.29, 0.717) is 17.2 Å². The number of carbonyl (C=O) groups excluding carboxylic acids is 1. The average molecular weight is 275 g/mol. The maximum Gasteiger partial charge on any atom is 0.352 e. The number of aliphatic carboxylic acids is 1. The molecule has 7 heteroatoms. The summed E-state index contributed by atoms with van der Waals surface area (Å²) in [6, 6.07) is -0.590. The first kappa shape index (κ1) is 12.5. The Hall–Kier alpha value is -0.980. The van der Waals surface area contributed by atoms with Gasteiger partial charge in [0, 0.05) is 11.6 Å². The van der Waals surface area contributed by atoms with Gasteiger partial charge in [-0.15, -0.1) is 23.4 Å². The minimum Gasteiger partial charge on any atom is -0.477 e. The molecule has 0 aliphatic carbocycles. The summed E-state index contributed by atoms with van der Waals surface area (Å²) in [5.41, 5.74) is 6.24. The lowest BCUT2D eigenvalue weighted by Gasteiger charge is -2.47. The van der Waals surface area contributed by atoms with Crippen LogP contribution in [-0.4, -0.2) is 44.9 Å². The Balaban J connectivity index is 2.36. The van der Waals surface area contributed by atoms with Gasteiger partial charge in [0.2, 0.25) is 5.91 Å². The molecule has 0 bridgehead atoms. The highest BCUT2D eigenvalue weighted by molar-refractivity contribution is 8.00. The molecule has 2 aliphatic heterocycles. The van der Waals surface area contributed by atoms with Gasteiger partial charge in [-0.3, -0.25) is 9.69 Å². The Bertz CT molecular complexity index is 435. The second-order valence-electron chi connectivity index (χ2n) is 3.67. The Kier molecular flexibility index (Phi) is 3.46. The normalized spacial score (nSPS) is 28.4. The maximum absolute atomic E-state index is 11.6. The molecule has 2 rings (SSSR count). The van der Waals surface area contributed by atoms with E-state index in [9.17, 15) is 9.59 Å². The standard InChI is InChI=1S/C10H11ClN2O3S/c11-3-1-2-5-4-17-9-6(12)8(14)13(9)7(5)10(15)16/h1-2,6,9H,3-4,12H2,(H,15,16). The zero-order valence-electron chi connectivity index (χ0n) is 8.80. The molecule has 0 radical (unpaired) electrons. The van der Waals surface area contributed by atoms with E-state index in [2.05, 4.69) is 0 Å². The number of allylic oxidation sites excluding steroid dienone is 2. The number of carbonyl (C=O) groups is 2. The molecule has 1 amide bonds. The number of carboxylic acids is 1. The van der Waals surface area contributed by atoms with Gasteiger partial charge < -0.3 is 10.8 Å². The molecule has 2 unspecified atom stereocenters. The van der Waals surface area contributed by atoms with Gasteiger partial charge in [0.25, 0.3) is 0 Å². The SMILES string of the molecule is NC1C(=O)N2C(C(=O)O)=C(C=CCCl)CSC12. The number of β-lactam (4-membered cyclic amide) rings is 1. The molecule has 2 heterocycles. The van der Waals surface area contributed by atoms with Crippen LogP contribution >= 0.6 is 23.4 Å². The number of carboxylic acid groups (broad SMARTS) is 1. The monoisotopic (exact) mass is 274 g/mol. The number of nitrogens with two attached hydrogens (primary N) is 1. The number of rotatable bonds is 3. The Labute approximate surface area is 107 Å². The third kappa shape index (κ3) is 1.96. The Morgan fingerprint density at radius 3 is 3.00 bits per heavy atom. The maximum atomic E-state index is 11.6. The van der Waals surface area contributed by atoms with Crippen molar-refractivity contribution in [1.82, 2.24) is 4.90 Å². The largest absolute Gasteiger partial charge is 0.477 e. The molecule has 0 aromatic carbocycles. The third-order valence-corrected chi connectivity index (χ3v) is 4.15. The van der Waals surface area contributed by atoms with E-state index in [-0.39, 0.29) is 17.0 Å². The zero-order valence-corrected chi connectivity index (χ0v) is 10.4. The highest BCUT2D eigenvalue weighted by Gasteiger charge is 2.51. The summed E-state index contributed by atoms with van der Waals surface area (Å²) in [5.74, 6) is -0.615. The summed E-state index contributed by atoms with van der Waals surface area (Å²) in [6.45, 7) is 0. The highest BCUT2D eigenvalue weighted by atomic mass is 35.5. The van der Waals surface area contributed by atoms with E-state index >= 15 is 0 Å². The average Bonchev–Trinajstić information content (AvgIpc) is 2.33. The van der Waals surface area contributed by atoms with E-state index in [1.165, 1.54) is 16.7 Å². The number of halogens is 1. The predicted octanol–water partition coefficient (Wildman–Crippen LogP) is 0.362. The number of amides is 1. The molecule has 17 heavy (non-hydrogen) atoms. The van der Waals surface area contributed by atoms with Gasteiger partial charge in [0.1, 0.15) is 17.1 Å². The zero-order chi connectivity index (χ0) is 12.6. The van der Waals surface area contributed by atoms with Crippen LogP contribution in [-0.2, 0) is 9.59 Å².